The molecule has 66 heavy (non-hydrogen) atoms. The van der Waals surface area contributed by atoms with Gasteiger partial charge in [0.15, 0.2) is 9.79 Å². The molecule has 32 heteroatoms. The van der Waals surface area contributed by atoms with Gasteiger partial charge in [-0.3, -0.25) is 0 Å². The zero-order chi connectivity index (χ0) is 47.5. The molecule has 6 aromatic carbocycles. The third kappa shape index (κ3) is 11.3. The maximum absolute atomic E-state index is 12.3. The second kappa shape index (κ2) is 18.9. The van der Waals surface area contributed by atoms with Gasteiger partial charge in [-0.15, -0.1) is 28.2 Å². The van der Waals surface area contributed by atoms with Crippen LogP contribution in [0.3, 0.4) is 0 Å². The van der Waals surface area contributed by atoms with E-state index in [1.54, 1.807) is 0 Å². The SMILES string of the molecule is [Cu].[Cu].[NH-]c1c(N=Nc2ccc(/C=C/c3ccc(N=Nc4cc(S(=O)(=O)[O-])c5cccc(S(=O)(=O)[OH2+])c5c4[NH-])cc3S(=O)(=O)[O-])c(S(=O)(=O)[O-])c2)cc(S(=O)(=O)[O-])c2cccc(S(=O)(=O)[OH2+])c12. The van der Waals surface area contributed by atoms with E-state index < -0.39 is 157 Å². The average molecular weight is 1120 g/mol. The summed E-state index contributed by atoms with van der Waals surface area (Å²) in [4.78, 5) is -5.80. The molecule has 358 valence electrons. The monoisotopic (exact) mass is 1120 g/mol. The van der Waals surface area contributed by atoms with Crippen molar-refractivity contribution in [3.63, 3.8) is 0 Å². The van der Waals surface area contributed by atoms with Crippen molar-refractivity contribution in [2.75, 3.05) is 0 Å². The Morgan fingerprint density at radius 2 is 0.742 bits per heavy atom. The van der Waals surface area contributed by atoms with Crippen LogP contribution in [0.5, 0.6) is 0 Å². The molecular formula is C34H22Cu2N6O18S6-4. The van der Waals surface area contributed by atoms with Gasteiger partial charge in [-0.05, 0) is 81.2 Å². The fourth-order valence-electron chi connectivity index (χ4n) is 6.09. The summed E-state index contributed by atoms with van der Waals surface area (Å²) in [6, 6.07) is 12.3. The van der Waals surface area contributed by atoms with Crippen LogP contribution in [0.4, 0.5) is 34.1 Å². The van der Waals surface area contributed by atoms with E-state index >= 15 is 0 Å². The number of rotatable bonds is 12. The van der Waals surface area contributed by atoms with E-state index in [-0.39, 0.29) is 34.1 Å². The van der Waals surface area contributed by atoms with E-state index in [0.29, 0.717) is 24.3 Å². The number of nitrogens with zero attached hydrogens (tertiary/aromatic N) is 4. The normalized spacial score (nSPS) is 13.1. The van der Waals surface area contributed by atoms with Crippen LogP contribution in [0.15, 0.2) is 135 Å². The summed E-state index contributed by atoms with van der Waals surface area (Å²) < 4.78 is 210. The van der Waals surface area contributed by atoms with E-state index in [9.17, 15) is 68.7 Å². The molecule has 6 N–H and O–H groups in total. The van der Waals surface area contributed by atoms with Crippen molar-refractivity contribution in [3.8, 4) is 0 Å². The van der Waals surface area contributed by atoms with Gasteiger partial charge in [0, 0.05) is 34.1 Å². The molecule has 0 aliphatic carbocycles. The molecule has 0 unspecified atom stereocenters. The van der Waals surface area contributed by atoms with Crippen molar-refractivity contribution in [1.29, 1.82) is 0 Å². The van der Waals surface area contributed by atoms with Crippen LogP contribution in [0.1, 0.15) is 11.1 Å². The molecule has 0 saturated carbocycles. The molecule has 0 heterocycles. The predicted octanol–water partition coefficient (Wildman–Crippen LogP) is 4.80. The van der Waals surface area contributed by atoms with Crippen molar-refractivity contribution in [2.24, 2.45) is 20.5 Å². The number of benzene rings is 6. The number of nitrogens with one attached hydrogen (secondary N) is 2. The smallest absolute Gasteiger partial charge is 0.409 e. The number of hydrogen-bond acceptors (Lipinski definition) is 20. The fourth-order valence-corrected chi connectivity index (χ4v) is 10.3. The second-order valence-electron chi connectivity index (χ2n) is 12.9. The van der Waals surface area contributed by atoms with Gasteiger partial charge >= 0.3 is 20.2 Å². The van der Waals surface area contributed by atoms with E-state index in [4.69, 9.17) is 20.6 Å². The van der Waals surface area contributed by atoms with E-state index in [2.05, 4.69) is 20.5 Å². The van der Waals surface area contributed by atoms with Crippen LogP contribution >= 0.6 is 0 Å². The maximum Gasteiger partial charge on any atom is 0.409 e. The van der Waals surface area contributed by atoms with Gasteiger partial charge in [-0.1, -0.05) is 48.6 Å². The molecule has 0 spiro atoms. The van der Waals surface area contributed by atoms with Crippen molar-refractivity contribution < 1.29 is 112 Å². The second-order valence-corrected chi connectivity index (χ2v) is 21.2. The van der Waals surface area contributed by atoms with E-state index in [1.165, 1.54) is 0 Å². The number of fused-ring (bicyclic) bond motifs is 2. The minimum Gasteiger partial charge on any atom is -0.744 e. The van der Waals surface area contributed by atoms with Crippen molar-refractivity contribution in [1.82, 2.24) is 0 Å². The first-order chi connectivity index (χ1) is 29.4. The van der Waals surface area contributed by atoms with Crippen molar-refractivity contribution in [2.45, 2.75) is 29.4 Å². The van der Waals surface area contributed by atoms with Crippen molar-refractivity contribution in [3.05, 3.63) is 108 Å². The number of azo groups is 2. The quantitative estimate of drug-likeness (QED) is 0.0522. The molecule has 6 aromatic rings. The Hall–Kier alpha value is -5.12. The average Bonchev–Trinajstić information content (AvgIpc) is 3.17. The Labute approximate surface area is 395 Å². The molecule has 6 rings (SSSR count). The molecule has 0 bridgehead atoms. The molecular weight excluding hydrogens is 1100 g/mol. The first-order valence-corrected chi connectivity index (χ1v) is 25.2. The molecule has 0 fully saturated rings. The summed E-state index contributed by atoms with van der Waals surface area (Å²) in [6.07, 6.45) is 1.78. The van der Waals surface area contributed by atoms with Crippen LogP contribution < -0.4 is 0 Å². The Balaban J connectivity index is 0.00000476. The molecule has 0 aliphatic rings. The fraction of sp³-hybridized carbons (Fsp3) is 0. The first-order valence-electron chi connectivity index (χ1n) is 16.6. The van der Waals surface area contributed by atoms with Gasteiger partial charge in [0.2, 0.25) is 0 Å². The predicted molar refractivity (Wildman–Crippen MR) is 219 cm³/mol. The van der Waals surface area contributed by atoms with Crippen LogP contribution in [0.25, 0.3) is 45.2 Å². The van der Waals surface area contributed by atoms with Gasteiger partial charge in [0.05, 0.1) is 42.3 Å². The molecule has 24 nitrogen and oxygen atoms in total. The van der Waals surface area contributed by atoms with Gasteiger partial charge < -0.3 is 38.8 Å². The Morgan fingerprint density at radius 1 is 0.424 bits per heavy atom. The van der Waals surface area contributed by atoms with E-state index in [0.717, 1.165) is 72.8 Å². The van der Waals surface area contributed by atoms with Crippen molar-refractivity contribution >= 4 is 129 Å². The van der Waals surface area contributed by atoms with E-state index in [1.807, 2.05) is 0 Å². The van der Waals surface area contributed by atoms with Crippen LogP contribution in [0, 0.1) is 0 Å². The molecule has 0 atom stereocenters. The standard InChI is InChI=1S/C34H24N6O18S6.2Cu/c35-33-23(15-29(63(53,54)55)21-3-1-5-25(31(21)33)59(41,42)43)39-37-19-11-9-17(27(13-19)61(47,48)49)7-8-18-10-12-20(14-28(18)62(50,51)52)38-40-24-16-30(64(56,57)58)22-4-2-6-26(60(44,45)46)32(22)34(24)36;;/h1-16,35-36H,(H,41,42,43)(H,44,45,46)(H,47,48,49)(H,50,51,52)(H,53,54,55)(H,56,57,58);;/q-2;;/p-2/b8-7+,39-37?,40-38?;;. The summed E-state index contributed by atoms with van der Waals surface area (Å²) in [5, 5.41) is 12.3. The zero-order valence-corrected chi connectivity index (χ0v) is 38.4. The number of hydrogen-bond donors (Lipinski definition) is 0. The largest absolute Gasteiger partial charge is 0.744 e. The minimum atomic E-state index is -5.42. The Bertz CT molecular complexity index is 3570. The Morgan fingerprint density at radius 3 is 1.03 bits per heavy atom. The van der Waals surface area contributed by atoms with Crippen LogP contribution in [-0.4, -0.2) is 77.8 Å². The molecule has 0 aliphatic heterocycles. The molecule has 2 radical (unpaired) electrons. The first kappa shape index (κ1) is 53.5. The summed E-state index contributed by atoms with van der Waals surface area (Å²) >= 11 is 0. The van der Waals surface area contributed by atoms with Gasteiger partial charge in [0.25, 0.3) is 0 Å². The molecule has 0 aromatic heterocycles. The maximum atomic E-state index is 12.3. The zero-order valence-electron chi connectivity index (χ0n) is 31.6. The van der Waals surface area contributed by atoms with Gasteiger partial charge in [-0.2, -0.15) is 20.5 Å². The molecule has 0 saturated heterocycles. The van der Waals surface area contributed by atoms with Crippen LogP contribution in [0.2, 0.25) is 0 Å². The summed E-state index contributed by atoms with van der Waals surface area (Å²) in [7, 11) is -31.3. The van der Waals surface area contributed by atoms with Gasteiger partial charge in [0.1, 0.15) is 40.5 Å². The minimum absolute atomic E-state index is 0. The third-order valence-corrected chi connectivity index (χ3v) is 14.1. The molecule has 0 amide bonds. The summed E-state index contributed by atoms with van der Waals surface area (Å²) in [5.74, 6) is 0. The third-order valence-electron chi connectivity index (χ3n) is 8.77. The van der Waals surface area contributed by atoms with Gasteiger partial charge in [-0.25, -0.2) is 33.7 Å². The Kier molecular flexibility index (Phi) is 15.3. The summed E-state index contributed by atoms with van der Waals surface area (Å²) in [5.41, 5.74) is 12.1. The topological polar surface area (TPSA) is 440 Å². The van der Waals surface area contributed by atoms with Crippen LogP contribution in [-0.2, 0) is 94.8 Å². The summed E-state index contributed by atoms with van der Waals surface area (Å²) in [6.45, 7) is 0.